The molecule has 1 fully saturated rings. The smallest absolute Gasteiger partial charge is 0.406 e. The predicted molar refractivity (Wildman–Crippen MR) is 114 cm³/mol. The second-order valence-electron chi connectivity index (χ2n) is 7.60. The van der Waals surface area contributed by atoms with Crippen molar-refractivity contribution < 1.29 is 23.0 Å². The summed E-state index contributed by atoms with van der Waals surface area (Å²) in [7, 11) is 0. The molecule has 0 aliphatic carbocycles. The monoisotopic (exact) mass is 459 g/mol. The van der Waals surface area contributed by atoms with Crippen LogP contribution in [0.2, 0.25) is 0 Å². The third-order valence-corrected chi connectivity index (χ3v) is 5.42. The van der Waals surface area contributed by atoms with Gasteiger partial charge in [0.25, 0.3) is 0 Å². The number of nitrogens with one attached hydrogen (secondary N) is 1. The number of benzene rings is 1. The van der Waals surface area contributed by atoms with E-state index < -0.39 is 6.36 Å². The van der Waals surface area contributed by atoms with Gasteiger partial charge in [0.15, 0.2) is 5.82 Å². The summed E-state index contributed by atoms with van der Waals surface area (Å²) in [4.78, 5) is 11.0. The number of imidazole rings is 1. The highest BCUT2D eigenvalue weighted by molar-refractivity contribution is 5.73. The van der Waals surface area contributed by atoms with Gasteiger partial charge in [0, 0.05) is 18.4 Å². The molecule has 172 valence electrons. The highest BCUT2D eigenvalue weighted by Gasteiger charge is 2.31. The fraction of sp³-hybridized carbons (Fsp3) is 0.286. The minimum absolute atomic E-state index is 0.0191. The van der Waals surface area contributed by atoms with Gasteiger partial charge in [-0.2, -0.15) is 4.98 Å². The Balaban J connectivity index is 1.39. The van der Waals surface area contributed by atoms with Crippen molar-refractivity contribution in [2.24, 2.45) is 0 Å². The minimum atomic E-state index is -4.74. The largest absolute Gasteiger partial charge is 0.573 e. The number of alkyl halides is 3. The Morgan fingerprint density at radius 3 is 2.76 bits per heavy atom. The van der Waals surface area contributed by atoms with Crippen LogP contribution in [0.4, 0.5) is 30.8 Å². The zero-order chi connectivity index (χ0) is 23.0. The number of anilines is 3. The van der Waals surface area contributed by atoms with Crippen molar-refractivity contribution in [3.8, 4) is 11.4 Å². The van der Waals surface area contributed by atoms with Crippen LogP contribution in [0, 0.1) is 0 Å². The number of nitrogens with zero attached hydrogens (tertiary/aromatic N) is 6. The van der Waals surface area contributed by atoms with Crippen molar-refractivity contribution in [1.82, 2.24) is 24.1 Å². The maximum absolute atomic E-state index is 12.4. The average Bonchev–Trinajstić information content (AvgIpc) is 3.53. The minimum Gasteiger partial charge on any atom is -0.406 e. The predicted octanol–water partition coefficient (Wildman–Crippen LogP) is 3.52. The van der Waals surface area contributed by atoms with Crippen molar-refractivity contribution >= 4 is 23.1 Å². The molecule has 0 radical (unpaired) electrons. The van der Waals surface area contributed by atoms with E-state index in [1.54, 1.807) is 21.6 Å². The van der Waals surface area contributed by atoms with Gasteiger partial charge in [0.1, 0.15) is 23.4 Å². The fourth-order valence-electron chi connectivity index (χ4n) is 3.90. The van der Waals surface area contributed by atoms with Gasteiger partial charge >= 0.3 is 6.36 Å². The number of aliphatic hydroxyl groups is 1. The lowest BCUT2D eigenvalue weighted by Crippen LogP contribution is -2.34. The summed E-state index contributed by atoms with van der Waals surface area (Å²) in [6, 6.07) is 9.20. The van der Waals surface area contributed by atoms with Crippen LogP contribution in [0.5, 0.6) is 5.75 Å². The first-order chi connectivity index (χ1) is 15.9. The molecule has 12 heteroatoms. The van der Waals surface area contributed by atoms with E-state index in [0.29, 0.717) is 23.3 Å². The molecule has 0 spiro atoms. The zero-order valence-corrected chi connectivity index (χ0v) is 17.3. The molecule has 5 rings (SSSR count). The van der Waals surface area contributed by atoms with E-state index in [1.807, 2.05) is 23.2 Å². The summed E-state index contributed by atoms with van der Waals surface area (Å²) in [6.07, 6.45) is 2.16. The van der Waals surface area contributed by atoms with E-state index >= 15 is 0 Å². The maximum atomic E-state index is 12.4. The Hall–Kier alpha value is -3.80. The van der Waals surface area contributed by atoms with Crippen LogP contribution in [0.25, 0.3) is 11.2 Å². The topological polar surface area (TPSA) is 92.7 Å². The van der Waals surface area contributed by atoms with Crippen molar-refractivity contribution in [2.75, 3.05) is 23.4 Å². The van der Waals surface area contributed by atoms with Crippen LogP contribution < -0.4 is 15.0 Å². The van der Waals surface area contributed by atoms with E-state index in [0.717, 1.165) is 24.9 Å². The molecule has 3 aromatic heterocycles. The number of aromatic nitrogens is 5. The average molecular weight is 459 g/mol. The van der Waals surface area contributed by atoms with Gasteiger partial charge in [0.05, 0.1) is 18.8 Å². The van der Waals surface area contributed by atoms with Gasteiger partial charge in [-0.05, 0) is 49.2 Å². The Morgan fingerprint density at radius 1 is 1.18 bits per heavy atom. The molecule has 1 aliphatic rings. The molecule has 0 amide bonds. The molecule has 0 saturated carbocycles. The van der Waals surface area contributed by atoms with Crippen molar-refractivity contribution in [3.05, 3.63) is 55.1 Å². The lowest BCUT2D eigenvalue weighted by Gasteiger charge is -2.23. The van der Waals surface area contributed by atoms with Crippen LogP contribution in [0.1, 0.15) is 12.8 Å². The Kier molecular flexibility index (Phi) is 5.29. The molecule has 2 N–H and O–H groups in total. The SMILES string of the molecule is OC[C@@H]1CCCN1c1nc(Nc2cn(-c3ccc(OC(F)(F)F)cc3)cn2)c2cccn2n1. The number of halogens is 3. The first-order valence-corrected chi connectivity index (χ1v) is 10.3. The summed E-state index contributed by atoms with van der Waals surface area (Å²) in [5, 5.41) is 17.4. The van der Waals surface area contributed by atoms with Crippen LogP contribution >= 0.6 is 0 Å². The molecule has 9 nitrogen and oxygen atoms in total. The number of rotatable bonds is 6. The first-order valence-electron chi connectivity index (χ1n) is 10.3. The number of ether oxygens (including phenoxy) is 1. The van der Waals surface area contributed by atoms with Crippen molar-refractivity contribution in [2.45, 2.75) is 25.2 Å². The molecule has 0 unspecified atom stereocenters. The van der Waals surface area contributed by atoms with Gasteiger partial charge in [0.2, 0.25) is 5.95 Å². The first kappa shape index (κ1) is 21.1. The van der Waals surface area contributed by atoms with E-state index in [2.05, 4.69) is 25.1 Å². The van der Waals surface area contributed by atoms with Gasteiger partial charge in [-0.15, -0.1) is 18.3 Å². The second-order valence-corrected chi connectivity index (χ2v) is 7.60. The second kappa shape index (κ2) is 8.28. The number of fused-ring (bicyclic) bond motifs is 1. The normalized spacial score (nSPS) is 16.5. The molecule has 1 saturated heterocycles. The molecule has 4 heterocycles. The molecule has 1 aromatic carbocycles. The lowest BCUT2D eigenvalue weighted by molar-refractivity contribution is -0.274. The molecular weight excluding hydrogens is 439 g/mol. The van der Waals surface area contributed by atoms with E-state index in [1.165, 1.54) is 24.3 Å². The van der Waals surface area contributed by atoms with Gasteiger partial charge < -0.3 is 24.6 Å². The van der Waals surface area contributed by atoms with Gasteiger partial charge in [-0.3, -0.25) is 0 Å². The van der Waals surface area contributed by atoms with E-state index in [-0.39, 0.29) is 18.4 Å². The Labute approximate surface area is 186 Å². The Morgan fingerprint density at radius 2 is 2.00 bits per heavy atom. The molecule has 1 aliphatic heterocycles. The van der Waals surface area contributed by atoms with Gasteiger partial charge in [-0.1, -0.05) is 0 Å². The van der Waals surface area contributed by atoms with E-state index in [9.17, 15) is 18.3 Å². The maximum Gasteiger partial charge on any atom is 0.573 e. The Bertz CT molecular complexity index is 1250. The van der Waals surface area contributed by atoms with Crippen LogP contribution in [-0.4, -0.2) is 54.8 Å². The molecule has 33 heavy (non-hydrogen) atoms. The number of hydrogen-bond donors (Lipinski definition) is 2. The van der Waals surface area contributed by atoms with Crippen molar-refractivity contribution in [1.29, 1.82) is 0 Å². The summed E-state index contributed by atoms with van der Waals surface area (Å²) >= 11 is 0. The lowest BCUT2D eigenvalue weighted by atomic mass is 10.2. The summed E-state index contributed by atoms with van der Waals surface area (Å²) in [5.41, 5.74) is 1.37. The molecule has 0 bridgehead atoms. The van der Waals surface area contributed by atoms with Crippen LogP contribution in [0.15, 0.2) is 55.1 Å². The molecular formula is C21H20F3N7O2. The van der Waals surface area contributed by atoms with Crippen LogP contribution in [0.3, 0.4) is 0 Å². The number of aliphatic hydroxyl groups excluding tert-OH is 1. The summed E-state index contributed by atoms with van der Waals surface area (Å²) < 4.78 is 44.4. The van der Waals surface area contributed by atoms with Gasteiger partial charge in [-0.25, -0.2) is 9.50 Å². The third-order valence-electron chi connectivity index (χ3n) is 5.42. The summed E-state index contributed by atoms with van der Waals surface area (Å²) in [6.45, 7) is 0.799. The number of hydrogen-bond acceptors (Lipinski definition) is 7. The quantitative estimate of drug-likeness (QED) is 0.456. The highest BCUT2D eigenvalue weighted by Crippen LogP contribution is 2.27. The fourth-order valence-corrected chi connectivity index (χ4v) is 3.90. The van der Waals surface area contributed by atoms with Crippen molar-refractivity contribution in [3.63, 3.8) is 0 Å². The molecule has 4 aromatic rings. The zero-order valence-electron chi connectivity index (χ0n) is 17.3. The van der Waals surface area contributed by atoms with Crippen LogP contribution in [-0.2, 0) is 0 Å². The highest BCUT2D eigenvalue weighted by atomic mass is 19.4. The standard InChI is InChI=1S/C21H20F3N7O2/c22-21(23,24)33-16-7-5-14(6-8-16)29-11-18(25-13-29)26-19-17-4-2-10-31(17)28-20(27-19)30-9-1-3-15(30)12-32/h2,4-8,10-11,13,15,32H,1,3,9,12H2,(H,26,27,28)/t15-/m0/s1. The van der Waals surface area contributed by atoms with E-state index in [4.69, 9.17) is 0 Å². The third kappa shape index (κ3) is 4.42. The molecule has 1 atom stereocenters. The summed E-state index contributed by atoms with van der Waals surface area (Å²) in [5.74, 6) is 1.26.